The number of carbonyl (C=O) groups is 4. The van der Waals surface area contributed by atoms with Crippen LogP contribution in [0.4, 0.5) is 5.69 Å². The van der Waals surface area contributed by atoms with Crippen LogP contribution in [0, 0.1) is 12.8 Å². The Morgan fingerprint density at radius 1 is 0.571 bits per heavy atom. The van der Waals surface area contributed by atoms with Gasteiger partial charge in [0.15, 0.2) is 6.33 Å². The topological polar surface area (TPSA) is 242 Å². The van der Waals surface area contributed by atoms with Gasteiger partial charge in [-0.3, -0.25) is 19.2 Å². The zero-order valence-corrected chi connectivity index (χ0v) is 36.6. The van der Waals surface area contributed by atoms with Crippen LogP contribution in [0.5, 0.6) is 0 Å². The lowest BCUT2D eigenvalue weighted by molar-refractivity contribution is -0.132. The van der Waals surface area contributed by atoms with E-state index in [0.29, 0.717) is 123 Å². The predicted molar refractivity (Wildman–Crippen MR) is 230 cm³/mol. The number of benzene rings is 2. The van der Waals surface area contributed by atoms with Gasteiger partial charge in [0, 0.05) is 29.8 Å². The van der Waals surface area contributed by atoms with Crippen molar-refractivity contribution in [1.82, 2.24) is 36.3 Å². The van der Waals surface area contributed by atoms with Gasteiger partial charge in [-0.15, -0.1) is 20.4 Å². The minimum Gasteiger partial charge on any atom is -0.379 e. The van der Waals surface area contributed by atoms with Gasteiger partial charge in [-0.25, -0.2) is 0 Å². The van der Waals surface area contributed by atoms with Gasteiger partial charge < -0.3 is 59.2 Å². The number of aromatic nitrogens is 4. The highest BCUT2D eigenvalue weighted by Crippen LogP contribution is 2.14. The van der Waals surface area contributed by atoms with Gasteiger partial charge in [0.05, 0.1) is 106 Å². The maximum atomic E-state index is 12.9. The van der Waals surface area contributed by atoms with E-state index in [2.05, 4.69) is 48.6 Å². The molecule has 347 valence electrons. The lowest BCUT2D eigenvalue weighted by Crippen LogP contribution is -2.53. The summed E-state index contributed by atoms with van der Waals surface area (Å²) >= 11 is 0. The molecule has 1 aromatic heterocycles. The highest BCUT2D eigenvalue weighted by molar-refractivity contribution is 5.98. The monoisotopic (exact) mass is 883 g/mol. The van der Waals surface area contributed by atoms with Crippen LogP contribution in [-0.2, 0) is 52.3 Å². The van der Waals surface area contributed by atoms with Gasteiger partial charge in [-0.1, -0.05) is 38.1 Å². The number of hydrogen-bond donors (Lipinski definition) is 4. The second-order valence-corrected chi connectivity index (χ2v) is 14.1. The Bertz CT molecular complexity index is 1710. The molecule has 2 atom stereocenters. The van der Waals surface area contributed by atoms with E-state index in [1.165, 1.54) is 6.33 Å². The molecule has 4 N–H and O–H groups in total. The summed E-state index contributed by atoms with van der Waals surface area (Å²) in [5, 5.41) is 26.2. The summed E-state index contributed by atoms with van der Waals surface area (Å²) in [5.41, 5.74) is 2.64. The maximum absolute atomic E-state index is 12.9. The Labute approximate surface area is 369 Å². The molecule has 1 heterocycles. The van der Waals surface area contributed by atoms with Gasteiger partial charge in [-0.05, 0) is 49.6 Å². The van der Waals surface area contributed by atoms with Crippen molar-refractivity contribution in [2.75, 3.05) is 118 Å². The number of anilines is 1. The second-order valence-electron chi connectivity index (χ2n) is 14.1. The molecule has 0 fully saturated rings. The Kier molecular flexibility index (Phi) is 27.0. The van der Waals surface area contributed by atoms with E-state index >= 15 is 0 Å². The quantitative estimate of drug-likeness (QED) is 0.0614. The molecule has 0 aliphatic carbocycles. The molecule has 63 heavy (non-hydrogen) atoms. The molecular formula is C43H63N8O12. The molecule has 1 radical (unpaired) electrons. The SMILES string of the molecule is [CH2]c1ccc(NC(=O)[C@H](C)NC(=O)[C@@H](NC(=O)CCOCCOCCOCCOCCOCCOCCOCCOCCNC(=O)c2ccc(-c3nncnn3)cc2)C(C)C)cc1. The first-order valence-corrected chi connectivity index (χ1v) is 21.0. The van der Waals surface area contributed by atoms with Gasteiger partial charge in [0.2, 0.25) is 23.5 Å². The molecule has 4 amide bonds. The summed E-state index contributed by atoms with van der Waals surface area (Å²) in [6.45, 7) is 15.6. The zero-order chi connectivity index (χ0) is 45.3. The number of nitrogens with one attached hydrogen (secondary N) is 4. The van der Waals surface area contributed by atoms with E-state index in [0.717, 1.165) is 11.1 Å². The van der Waals surface area contributed by atoms with E-state index in [9.17, 15) is 19.2 Å². The van der Waals surface area contributed by atoms with Gasteiger partial charge in [0.1, 0.15) is 12.1 Å². The van der Waals surface area contributed by atoms with Crippen molar-refractivity contribution < 1.29 is 57.1 Å². The molecule has 3 rings (SSSR count). The Morgan fingerprint density at radius 2 is 1.03 bits per heavy atom. The lowest BCUT2D eigenvalue weighted by Gasteiger charge is -2.24. The third kappa shape index (κ3) is 23.8. The van der Waals surface area contributed by atoms with Crippen molar-refractivity contribution >= 4 is 29.3 Å². The first kappa shape index (κ1) is 52.3. The smallest absolute Gasteiger partial charge is 0.251 e. The Balaban J connectivity index is 1.01. The lowest BCUT2D eigenvalue weighted by atomic mass is 10.0. The van der Waals surface area contributed by atoms with E-state index in [4.69, 9.17) is 37.9 Å². The number of hydrogen-bond acceptors (Lipinski definition) is 16. The third-order valence-electron chi connectivity index (χ3n) is 8.66. The van der Waals surface area contributed by atoms with Crippen LogP contribution in [0.2, 0.25) is 0 Å². The number of ether oxygens (including phenoxy) is 8. The summed E-state index contributed by atoms with van der Waals surface area (Å²) in [5.74, 6) is -1.18. The average molecular weight is 884 g/mol. The van der Waals surface area contributed by atoms with E-state index in [1.807, 2.05) is 13.8 Å². The van der Waals surface area contributed by atoms with Crippen LogP contribution in [0.1, 0.15) is 43.1 Å². The molecule has 0 saturated carbocycles. The normalized spacial score (nSPS) is 12.1. The van der Waals surface area contributed by atoms with Crippen molar-refractivity contribution in [3.63, 3.8) is 0 Å². The molecule has 0 aliphatic rings. The summed E-state index contributed by atoms with van der Waals surface area (Å²) in [6.07, 6.45) is 1.32. The van der Waals surface area contributed by atoms with Crippen molar-refractivity contribution in [3.8, 4) is 11.4 Å². The van der Waals surface area contributed by atoms with Crippen LogP contribution in [0.3, 0.4) is 0 Å². The first-order valence-electron chi connectivity index (χ1n) is 21.0. The molecular weight excluding hydrogens is 821 g/mol. The highest BCUT2D eigenvalue weighted by Gasteiger charge is 2.27. The summed E-state index contributed by atoms with van der Waals surface area (Å²) < 4.78 is 44.0. The second kappa shape index (κ2) is 32.6. The summed E-state index contributed by atoms with van der Waals surface area (Å²) in [4.78, 5) is 50.2. The molecule has 0 bridgehead atoms. The van der Waals surface area contributed by atoms with E-state index in [-0.39, 0.29) is 36.7 Å². The Morgan fingerprint density at radius 3 is 1.51 bits per heavy atom. The third-order valence-corrected chi connectivity index (χ3v) is 8.66. The van der Waals surface area contributed by atoms with Crippen molar-refractivity contribution in [2.24, 2.45) is 5.92 Å². The fourth-order valence-electron chi connectivity index (χ4n) is 5.22. The van der Waals surface area contributed by atoms with Crippen molar-refractivity contribution in [2.45, 2.75) is 39.3 Å². The molecule has 0 aliphatic heterocycles. The molecule has 3 aromatic rings. The summed E-state index contributed by atoms with van der Waals surface area (Å²) in [7, 11) is 0. The van der Waals surface area contributed by atoms with Crippen LogP contribution in [0.25, 0.3) is 11.4 Å². The molecule has 0 spiro atoms. The van der Waals surface area contributed by atoms with Crippen LogP contribution in [0.15, 0.2) is 54.9 Å². The average Bonchev–Trinajstić information content (AvgIpc) is 3.28. The van der Waals surface area contributed by atoms with Gasteiger partial charge in [0.25, 0.3) is 5.91 Å². The molecule has 0 saturated heterocycles. The van der Waals surface area contributed by atoms with E-state index < -0.39 is 18.0 Å². The van der Waals surface area contributed by atoms with Crippen LogP contribution in [-0.4, -0.2) is 168 Å². The minimum absolute atomic E-state index is 0.0698. The Hall–Kier alpha value is -5.06. The molecule has 20 nitrogen and oxygen atoms in total. The minimum atomic E-state index is -0.812. The van der Waals surface area contributed by atoms with Gasteiger partial charge in [-0.2, -0.15) is 0 Å². The predicted octanol–water partition coefficient (Wildman–Crippen LogP) is 1.65. The van der Waals surface area contributed by atoms with Crippen molar-refractivity contribution in [3.05, 3.63) is 72.9 Å². The number of nitrogens with zero attached hydrogens (tertiary/aromatic N) is 4. The molecule has 20 heteroatoms. The molecule has 0 unspecified atom stereocenters. The number of carbonyl (C=O) groups excluding carboxylic acids is 4. The van der Waals surface area contributed by atoms with E-state index in [1.54, 1.807) is 55.5 Å². The van der Waals surface area contributed by atoms with Crippen LogP contribution >= 0.6 is 0 Å². The molecule has 2 aromatic carbocycles. The number of amides is 4. The first-order chi connectivity index (χ1) is 30.6. The van der Waals surface area contributed by atoms with Gasteiger partial charge >= 0.3 is 0 Å². The standard InChI is InChI=1S/C43H63N8O12/c1-32(2)39(43(55)47-34(4)41(53)48-37-11-5-33(3)6-12-37)49-38(52)13-15-56-17-19-58-21-23-60-25-27-62-29-30-63-28-26-61-24-22-59-20-18-57-16-14-44-42(54)36-9-7-35(8-10-36)40-50-45-31-46-51-40/h5-12,31-32,34,39H,3,13-30H2,1-2,4H3,(H,44,54)(H,47,55)(H,48,53)(H,49,52)/t34-,39-/m0/s1. The summed E-state index contributed by atoms with van der Waals surface area (Å²) in [6, 6.07) is 12.2. The fraction of sp³-hybridized carbons (Fsp3) is 0.558. The number of rotatable bonds is 35. The maximum Gasteiger partial charge on any atom is 0.251 e. The van der Waals surface area contributed by atoms with Crippen LogP contribution < -0.4 is 21.3 Å². The zero-order valence-electron chi connectivity index (χ0n) is 36.6. The highest BCUT2D eigenvalue weighted by atomic mass is 16.6. The fourth-order valence-corrected chi connectivity index (χ4v) is 5.22. The largest absolute Gasteiger partial charge is 0.379 e. The van der Waals surface area contributed by atoms with Crippen molar-refractivity contribution in [1.29, 1.82) is 0 Å².